The summed E-state index contributed by atoms with van der Waals surface area (Å²) >= 11 is 0. The Kier molecular flexibility index (Phi) is 16.8. The zero-order chi connectivity index (χ0) is 79.9. The molecule has 9 aromatic heterocycles. The minimum absolute atomic E-state index is 0.420. The maximum absolute atomic E-state index is 9.46. The second-order valence-electron chi connectivity index (χ2n) is 29.9. The number of para-hydroxylation sites is 6. The van der Waals surface area contributed by atoms with Crippen molar-refractivity contribution < 1.29 is 13.3 Å². The molecule has 0 saturated carbocycles. The van der Waals surface area contributed by atoms with Crippen LogP contribution in [0.4, 0.5) is 0 Å². The predicted octanol–water partition coefficient (Wildman–Crippen LogP) is 27.9. The monoisotopic (exact) mass is 1530 g/mol. The van der Waals surface area contributed by atoms with Crippen LogP contribution in [0.1, 0.15) is 17.0 Å². The number of fused-ring (bicyclic) bond motifs is 21. The Morgan fingerprint density at radius 3 is 1.01 bits per heavy atom. The summed E-state index contributed by atoms with van der Waals surface area (Å²) in [6, 6.07) is 130. The summed E-state index contributed by atoms with van der Waals surface area (Å²) in [6.45, 7) is 0. The fourth-order valence-electron chi connectivity index (χ4n) is 17.6. The average Bonchev–Trinajstić information content (AvgIpc) is 1.57. The lowest BCUT2D eigenvalue weighted by molar-refractivity contribution is 0.672. The van der Waals surface area contributed by atoms with E-state index in [0.717, 1.165) is 199 Å². The number of aromatic nitrogens is 6. The molecule has 0 aliphatic carbocycles. The second kappa shape index (κ2) is 28.8. The molecule has 9 heterocycles. The molecule has 0 spiro atoms. The Morgan fingerprint density at radius 1 is 0.242 bits per heavy atom. The summed E-state index contributed by atoms with van der Waals surface area (Å²) in [4.78, 5) is 12.6. The summed E-state index contributed by atoms with van der Waals surface area (Å²) in [5, 5.41) is 41.4. The van der Waals surface area contributed by atoms with E-state index >= 15 is 0 Å². The van der Waals surface area contributed by atoms with Crippen molar-refractivity contribution in [1.82, 2.24) is 28.7 Å². The van der Waals surface area contributed by atoms with Gasteiger partial charge in [0, 0.05) is 107 Å². The van der Waals surface area contributed by atoms with E-state index in [2.05, 4.69) is 338 Å². The van der Waals surface area contributed by atoms with Crippen LogP contribution in [0.25, 0.3) is 215 Å². The Balaban J connectivity index is 0.000000108. The van der Waals surface area contributed by atoms with E-state index < -0.39 is 0 Å². The van der Waals surface area contributed by atoms with Crippen molar-refractivity contribution in [2.75, 3.05) is 0 Å². The lowest BCUT2D eigenvalue weighted by Gasteiger charge is -2.11. The van der Waals surface area contributed by atoms with Gasteiger partial charge in [-0.1, -0.05) is 218 Å². The molecule has 24 rings (SSSR count). The largest absolute Gasteiger partial charge is 0.455 e. The zero-order valence-corrected chi connectivity index (χ0v) is 64.1. The van der Waals surface area contributed by atoms with E-state index in [9.17, 15) is 10.5 Å². The molecule has 0 bridgehead atoms. The fraction of sp³-hybridized carbons (Fsp3) is 0. The number of pyridine rings is 3. The third-order valence-corrected chi connectivity index (χ3v) is 23.1. The Labute approximate surface area is 686 Å². The van der Waals surface area contributed by atoms with Gasteiger partial charge in [-0.3, -0.25) is 4.98 Å². The lowest BCUT2D eigenvalue weighted by Crippen LogP contribution is -1.94. The van der Waals surface area contributed by atoms with Gasteiger partial charge in [0.15, 0.2) is 0 Å². The van der Waals surface area contributed by atoms with Crippen LogP contribution in [-0.4, -0.2) is 28.7 Å². The van der Waals surface area contributed by atoms with Gasteiger partial charge in [-0.25, -0.2) is 9.97 Å². The maximum Gasteiger partial charge on any atom is 0.148 e. The molecule has 24 aromatic rings. The summed E-state index contributed by atoms with van der Waals surface area (Å²) in [5.41, 5.74) is 29.5. The maximum atomic E-state index is 9.46. The summed E-state index contributed by atoms with van der Waals surface area (Å²) < 4.78 is 26.3. The Morgan fingerprint density at radius 2 is 0.617 bits per heavy atom. The van der Waals surface area contributed by atoms with E-state index in [1.54, 1.807) is 30.9 Å². The molecule has 120 heavy (non-hydrogen) atoms. The molecule has 12 nitrogen and oxygen atoms in total. The standard InChI is InChI=1S/3C36H21N3O/c37-22-31-27(11-6-20-38-31)24-16-14-23(15-17-24)25-7-5-8-26(21-25)39-32-12-3-1-10-30(32)35-33(39)19-18-29-28-9-2-4-13-34(28)40-36(29)35;37-20-23-18-27(22-38-21-23)25-14-12-24(13-15-25)26-6-5-7-28(19-26)39-32-10-3-1-9-31(32)35-33(39)17-16-30-29-8-2-4-11-34(29)40-36(30)35;37-21-27-17-16-26(22-38-27)24-14-12-23(13-15-24)25-6-5-7-28(20-25)39-32-10-3-1-9-31(32)35-33(39)19-18-30-29-8-2-4-11-34(29)40-36(30)35/h1-21H;1-19,21-22H;1-20,22H. The quantitative estimate of drug-likeness (QED) is 0.137. The van der Waals surface area contributed by atoms with Crippen LogP contribution < -0.4 is 0 Å². The molecule has 0 saturated heterocycles. The number of furan rings is 3. The molecule has 558 valence electrons. The molecule has 0 aliphatic rings. The van der Waals surface area contributed by atoms with Crippen LogP contribution in [0.2, 0.25) is 0 Å². The van der Waals surface area contributed by atoms with Crippen LogP contribution in [0.3, 0.4) is 0 Å². The van der Waals surface area contributed by atoms with Gasteiger partial charge in [0.2, 0.25) is 0 Å². The van der Waals surface area contributed by atoms with Crippen molar-refractivity contribution >= 4 is 131 Å². The molecular formula is C108H63N9O3. The van der Waals surface area contributed by atoms with Crippen molar-refractivity contribution in [1.29, 1.82) is 15.8 Å². The highest BCUT2D eigenvalue weighted by molar-refractivity contribution is 6.27. The number of nitrogens with zero attached hydrogens (tertiary/aromatic N) is 9. The van der Waals surface area contributed by atoms with Crippen molar-refractivity contribution in [3.63, 3.8) is 0 Å². The first-order chi connectivity index (χ1) is 59.4. The van der Waals surface area contributed by atoms with Gasteiger partial charge < -0.3 is 27.0 Å². The van der Waals surface area contributed by atoms with Crippen molar-refractivity contribution in [3.8, 4) is 102 Å². The van der Waals surface area contributed by atoms with Gasteiger partial charge in [-0.2, -0.15) is 15.8 Å². The highest BCUT2D eigenvalue weighted by Gasteiger charge is 2.24. The number of hydrogen-bond donors (Lipinski definition) is 0. The minimum atomic E-state index is 0.420. The van der Waals surface area contributed by atoms with E-state index in [-0.39, 0.29) is 0 Å². The normalized spacial score (nSPS) is 11.5. The van der Waals surface area contributed by atoms with Crippen molar-refractivity contribution in [3.05, 3.63) is 400 Å². The molecule has 0 unspecified atom stereocenters. The zero-order valence-electron chi connectivity index (χ0n) is 64.1. The SMILES string of the molecule is N#Cc1ccc(-c2ccc(-c3cccc(-n4c5ccccc5c5c6oc7ccccc7c6ccc54)c3)cc2)cn1.N#Cc1cncc(-c2ccc(-c3cccc(-n4c5ccccc5c5c6oc7ccccc7c6ccc54)c3)cc2)c1.N#Cc1ncccc1-c1ccc(-c2cccc(-n3c4ccccc4c4c5oc6ccccc6c5ccc43)c2)cc1. The third-order valence-electron chi connectivity index (χ3n) is 23.1. The molecule has 15 aromatic carbocycles. The van der Waals surface area contributed by atoms with E-state index in [4.69, 9.17) is 18.5 Å². The third kappa shape index (κ3) is 11.8. The molecule has 0 radical (unpaired) electrons. The number of benzene rings is 15. The highest BCUT2D eigenvalue weighted by atomic mass is 16.3. The lowest BCUT2D eigenvalue weighted by atomic mass is 9.99. The first kappa shape index (κ1) is 69.7. The topological polar surface area (TPSA) is 164 Å². The van der Waals surface area contributed by atoms with E-state index in [1.807, 2.05) is 60.7 Å². The van der Waals surface area contributed by atoms with Crippen LogP contribution in [0, 0.1) is 34.0 Å². The molecule has 0 aliphatic heterocycles. The van der Waals surface area contributed by atoms with Gasteiger partial charge in [-0.15, -0.1) is 0 Å². The Bertz CT molecular complexity index is 8390. The van der Waals surface area contributed by atoms with Gasteiger partial charge in [-0.05, 0) is 190 Å². The van der Waals surface area contributed by atoms with Crippen molar-refractivity contribution in [2.24, 2.45) is 0 Å². The van der Waals surface area contributed by atoms with Crippen LogP contribution in [-0.2, 0) is 0 Å². The summed E-state index contributed by atoms with van der Waals surface area (Å²) in [7, 11) is 0. The summed E-state index contributed by atoms with van der Waals surface area (Å²) in [6.07, 6.45) is 6.76. The Hall–Kier alpha value is -17.0. The predicted molar refractivity (Wildman–Crippen MR) is 484 cm³/mol. The molecule has 0 atom stereocenters. The first-order valence-electron chi connectivity index (χ1n) is 39.6. The molecule has 12 heteroatoms. The van der Waals surface area contributed by atoms with Gasteiger partial charge >= 0.3 is 0 Å². The smallest absolute Gasteiger partial charge is 0.148 e. The minimum Gasteiger partial charge on any atom is -0.455 e. The highest BCUT2D eigenvalue weighted by Crippen LogP contribution is 2.46. The van der Waals surface area contributed by atoms with E-state index in [0.29, 0.717) is 17.0 Å². The number of rotatable bonds is 9. The first-order valence-corrected chi connectivity index (χ1v) is 39.6. The number of nitriles is 3. The van der Waals surface area contributed by atoms with E-state index in [1.165, 1.54) is 16.2 Å². The molecular weight excluding hydrogens is 1470 g/mol. The van der Waals surface area contributed by atoms with Gasteiger partial charge in [0.05, 0.1) is 54.8 Å². The van der Waals surface area contributed by atoms with Crippen LogP contribution in [0.5, 0.6) is 0 Å². The molecule has 0 fully saturated rings. The van der Waals surface area contributed by atoms with Crippen LogP contribution >= 0.6 is 0 Å². The molecule has 0 N–H and O–H groups in total. The van der Waals surface area contributed by atoms with Crippen LogP contribution in [0.15, 0.2) is 396 Å². The summed E-state index contributed by atoms with van der Waals surface area (Å²) in [5.74, 6) is 0. The second-order valence-corrected chi connectivity index (χ2v) is 29.9. The van der Waals surface area contributed by atoms with Gasteiger partial charge in [0.25, 0.3) is 0 Å². The fourth-order valence-corrected chi connectivity index (χ4v) is 17.6. The van der Waals surface area contributed by atoms with Crippen molar-refractivity contribution in [2.45, 2.75) is 0 Å². The molecule has 0 amide bonds. The average molecular weight is 1530 g/mol. The number of hydrogen-bond acceptors (Lipinski definition) is 9. The van der Waals surface area contributed by atoms with Gasteiger partial charge in [0.1, 0.15) is 63.1 Å².